The first kappa shape index (κ1) is 48.8. The molecule has 372 valence electrons. The number of anilines is 4. The van der Waals surface area contributed by atoms with Crippen LogP contribution in [0.1, 0.15) is 118 Å². The number of aromatic nitrogens is 8. The van der Waals surface area contributed by atoms with E-state index in [1.54, 1.807) is 35.6 Å². The van der Waals surface area contributed by atoms with Crippen LogP contribution in [0.4, 0.5) is 28.3 Å². The molecule has 0 unspecified atom stereocenters. The Morgan fingerprint density at radius 3 is 1.35 bits per heavy atom. The summed E-state index contributed by atoms with van der Waals surface area (Å²) in [5, 5.41) is 63.3. The Morgan fingerprint density at radius 1 is 0.588 bits per heavy atom. The molecule has 0 radical (unpaired) electrons. The largest absolute Gasteiger partial charge is 0.388 e. The van der Waals surface area contributed by atoms with Crippen molar-refractivity contribution in [2.24, 2.45) is 0 Å². The monoisotopic (exact) mass is 947 g/mol. The minimum absolute atomic E-state index is 0.129. The van der Waals surface area contributed by atoms with Gasteiger partial charge in [0.1, 0.15) is 24.4 Å². The molecule has 68 heavy (non-hydrogen) atoms. The van der Waals surface area contributed by atoms with E-state index in [0.29, 0.717) is 97.7 Å². The van der Waals surface area contributed by atoms with Crippen molar-refractivity contribution in [2.75, 3.05) is 46.6 Å². The van der Waals surface area contributed by atoms with Crippen molar-refractivity contribution in [3.63, 3.8) is 0 Å². The number of aliphatic hydroxyl groups is 4. The van der Waals surface area contributed by atoms with Crippen LogP contribution in [0.3, 0.4) is 0 Å². The number of rotatable bonds is 18. The number of amides is 4. The van der Waals surface area contributed by atoms with Crippen molar-refractivity contribution in [1.82, 2.24) is 60.3 Å². The average molecular weight is 947 g/mol. The number of urea groups is 1. The highest BCUT2D eigenvalue weighted by Crippen LogP contribution is 2.37. The van der Waals surface area contributed by atoms with E-state index in [2.05, 4.69) is 69.6 Å². The van der Waals surface area contributed by atoms with E-state index in [9.17, 15) is 34.8 Å². The van der Waals surface area contributed by atoms with Crippen LogP contribution in [-0.4, -0.2) is 164 Å². The number of carbonyl (C=O) groups excluding carboxylic acids is 3. The number of fused-ring (bicyclic) bond motifs is 2. The summed E-state index contributed by atoms with van der Waals surface area (Å²) in [7, 11) is 0. The van der Waals surface area contributed by atoms with Gasteiger partial charge in [0.15, 0.2) is 34.0 Å². The molecule has 0 aromatic carbocycles. The molecule has 0 spiro atoms. The summed E-state index contributed by atoms with van der Waals surface area (Å²) in [6.07, 6.45) is 4.43. The molecule has 4 aromatic rings. The van der Waals surface area contributed by atoms with E-state index < -0.39 is 48.6 Å². The molecule has 2 aliphatic carbocycles. The number of imidazole rings is 2. The summed E-state index contributed by atoms with van der Waals surface area (Å²) in [5.41, 5.74) is 2.07. The van der Waals surface area contributed by atoms with Gasteiger partial charge in [0.2, 0.25) is 23.7 Å². The maximum Gasteiger partial charge on any atom is 0.315 e. The van der Waals surface area contributed by atoms with E-state index in [-0.39, 0.29) is 54.9 Å². The van der Waals surface area contributed by atoms with Crippen LogP contribution in [0.5, 0.6) is 0 Å². The Morgan fingerprint density at radius 2 is 0.985 bits per heavy atom. The molecule has 4 aromatic heterocycles. The molecule has 23 heteroatoms. The minimum atomic E-state index is -1.16. The van der Waals surface area contributed by atoms with Crippen molar-refractivity contribution in [3.05, 3.63) is 12.7 Å². The Bertz CT molecular complexity index is 2250. The molecule has 2 saturated carbocycles. The lowest BCUT2D eigenvalue weighted by Gasteiger charge is -2.22. The van der Waals surface area contributed by atoms with Gasteiger partial charge in [-0.3, -0.25) is 9.59 Å². The van der Waals surface area contributed by atoms with E-state index >= 15 is 0 Å². The molecule has 4 fully saturated rings. The van der Waals surface area contributed by atoms with Crippen LogP contribution < -0.4 is 41.7 Å². The highest BCUT2D eigenvalue weighted by molar-refractivity contribution is 5.86. The van der Waals surface area contributed by atoms with Crippen LogP contribution in [-0.2, 0) is 9.59 Å². The lowest BCUT2D eigenvalue weighted by molar-refractivity contribution is -0.123. The summed E-state index contributed by atoms with van der Waals surface area (Å²) >= 11 is 0. The quantitative estimate of drug-likeness (QED) is 0.0675. The van der Waals surface area contributed by atoms with Gasteiger partial charge < -0.3 is 71.3 Å². The van der Waals surface area contributed by atoms with Crippen LogP contribution in [0.15, 0.2) is 12.7 Å². The third-order valence-corrected chi connectivity index (χ3v) is 14.4. The first-order chi connectivity index (χ1) is 32.8. The van der Waals surface area contributed by atoms with Crippen molar-refractivity contribution < 1.29 is 34.8 Å². The highest BCUT2D eigenvalue weighted by Gasteiger charge is 2.45. The molecule has 8 rings (SSSR count). The predicted octanol–water partition coefficient (Wildman–Crippen LogP) is 1.45. The van der Waals surface area contributed by atoms with Gasteiger partial charge in [0.05, 0.1) is 36.8 Å². The molecule has 2 aliphatic heterocycles. The molecule has 6 heterocycles. The van der Waals surface area contributed by atoms with Crippen LogP contribution in [0, 0.1) is 0 Å². The van der Waals surface area contributed by atoms with Crippen molar-refractivity contribution in [2.45, 2.75) is 179 Å². The molecular formula is C45H70N16O7. The fourth-order valence-electron chi connectivity index (χ4n) is 10.2. The first-order valence-corrected chi connectivity index (χ1v) is 24.7. The number of nitrogens with zero attached hydrogens (tertiary/aromatic N) is 10. The zero-order valence-electron chi connectivity index (χ0n) is 40.0. The van der Waals surface area contributed by atoms with Crippen molar-refractivity contribution in [1.29, 1.82) is 0 Å². The number of hydrogen-bond acceptors (Lipinski definition) is 17. The number of nitrogens with one attached hydrogen (secondary N) is 6. The third kappa shape index (κ3) is 9.93. The second kappa shape index (κ2) is 20.9. The van der Waals surface area contributed by atoms with Gasteiger partial charge in [0, 0.05) is 63.2 Å². The summed E-state index contributed by atoms with van der Waals surface area (Å²) in [6, 6.07) is -2.87. The Hall–Kier alpha value is -5.65. The van der Waals surface area contributed by atoms with Crippen LogP contribution in [0.2, 0.25) is 0 Å². The van der Waals surface area contributed by atoms with Gasteiger partial charge in [-0.15, -0.1) is 0 Å². The van der Waals surface area contributed by atoms with Crippen molar-refractivity contribution >= 4 is 63.7 Å². The molecule has 23 nitrogen and oxygen atoms in total. The average Bonchev–Trinajstić information content (AvgIpc) is 4.22. The molecule has 4 amide bonds. The zero-order valence-corrected chi connectivity index (χ0v) is 40.0. The van der Waals surface area contributed by atoms with Gasteiger partial charge in [-0.25, -0.2) is 14.8 Å². The smallest absolute Gasteiger partial charge is 0.315 e. The second-order valence-electron chi connectivity index (χ2n) is 18.8. The SMILES string of the molecule is CCC(=O)N[C@H]1C[C@@H](n2cnc3c(NC(CC)CC)nc(N4CC[C@@H](NC(=O)N[C@@H]5CCN(c6nc(NC(CC)CC)c7ncn([C@@H]8C[C@H](NC(=O)CC)[C@@H](O)[C@H]8O)c7n6)C5)C4)nc32)[C@H](O)[C@@H]1O. The summed E-state index contributed by atoms with van der Waals surface area (Å²) in [5.74, 6) is 1.61. The summed E-state index contributed by atoms with van der Waals surface area (Å²) in [6.45, 7) is 13.9. The minimum Gasteiger partial charge on any atom is -0.388 e. The standard InChI is InChI=1S/C45H70N16O7/c1-7-23(8-2)48-39-33-41(60(21-46-33)29-17-27(35(64)37(29)66)52-31(62)11-5)56-43(54-39)58-15-13-25(19-58)50-45(68)51-26-14-16-59(20-26)44-55-40(49-24(9-3)10-4)34-42(57-44)61(22-47-34)30-18-28(36(65)38(30)67)53-32(63)12-6/h21-30,35-38,64-67H,7-20H2,1-6H3,(H,52,62)(H,53,63)(H,48,54,56)(H,49,55,57)(H2,50,51,68)/t25-,26-,27+,28+,29-,30-,35-,36-,37+,38+/m1/s1. The Kier molecular flexibility index (Phi) is 15.0. The Balaban J connectivity index is 0.951. The lowest BCUT2D eigenvalue weighted by Crippen LogP contribution is -2.48. The Labute approximate surface area is 395 Å². The first-order valence-electron chi connectivity index (χ1n) is 24.7. The van der Waals surface area contributed by atoms with Crippen LogP contribution in [0.25, 0.3) is 22.3 Å². The van der Waals surface area contributed by atoms with Gasteiger partial charge in [-0.2, -0.15) is 19.9 Å². The second-order valence-corrected chi connectivity index (χ2v) is 18.8. The van der Waals surface area contributed by atoms with Gasteiger partial charge >= 0.3 is 6.03 Å². The normalized spacial score (nSPS) is 27.2. The molecular weight excluding hydrogens is 877 g/mol. The van der Waals surface area contributed by atoms with Crippen LogP contribution >= 0.6 is 0 Å². The maximum absolute atomic E-state index is 13.6. The fraction of sp³-hybridized carbons (Fsp3) is 0.711. The van der Waals surface area contributed by atoms with Gasteiger partial charge in [-0.05, 0) is 51.4 Å². The van der Waals surface area contributed by atoms with Crippen molar-refractivity contribution in [3.8, 4) is 0 Å². The molecule has 2 saturated heterocycles. The zero-order chi connectivity index (χ0) is 48.4. The lowest BCUT2D eigenvalue weighted by atomic mass is 10.2. The molecule has 10 atom stereocenters. The predicted molar refractivity (Wildman–Crippen MR) is 255 cm³/mol. The fourth-order valence-corrected chi connectivity index (χ4v) is 10.2. The van der Waals surface area contributed by atoms with E-state index in [1.807, 2.05) is 9.80 Å². The van der Waals surface area contributed by atoms with E-state index in [0.717, 1.165) is 25.7 Å². The highest BCUT2D eigenvalue weighted by atomic mass is 16.3. The molecule has 4 aliphatic rings. The van der Waals surface area contributed by atoms with E-state index in [1.165, 1.54) is 0 Å². The molecule has 10 N–H and O–H groups in total. The van der Waals surface area contributed by atoms with Gasteiger partial charge in [-0.1, -0.05) is 41.5 Å². The summed E-state index contributed by atoms with van der Waals surface area (Å²) in [4.78, 5) is 71.3. The molecule has 0 bridgehead atoms. The number of carbonyl (C=O) groups is 3. The number of aliphatic hydroxyl groups excluding tert-OH is 4. The maximum atomic E-state index is 13.6. The van der Waals surface area contributed by atoms with E-state index in [4.69, 9.17) is 19.9 Å². The van der Waals surface area contributed by atoms with Gasteiger partial charge in [0.25, 0.3) is 0 Å². The number of hydrogen-bond donors (Lipinski definition) is 10. The third-order valence-electron chi connectivity index (χ3n) is 14.4. The summed E-state index contributed by atoms with van der Waals surface area (Å²) < 4.78 is 3.54. The topological polar surface area (TPSA) is 298 Å².